The molecule has 112 valence electrons. The van der Waals surface area contributed by atoms with Crippen LogP contribution in [0.5, 0.6) is 0 Å². The largest absolute Gasteiger partial charge is 0.333 e. The molecule has 2 aromatic rings. The van der Waals surface area contributed by atoms with Crippen LogP contribution in [0.2, 0.25) is 0 Å². The molecule has 1 aliphatic carbocycles. The maximum atomic E-state index is 4.51. The van der Waals surface area contributed by atoms with Crippen LogP contribution in [0.15, 0.2) is 36.7 Å². The summed E-state index contributed by atoms with van der Waals surface area (Å²) in [4.78, 5) is 4.51. The first-order chi connectivity index (χ1) is 10.4. The molecule has 1 aromatic carbocycles. The van der Waals surface area contributed by atoms with Crippen LogP contribution in [0.25, 0.3) is 0 Å². The third-order valence-corrected chi connectivity index (χ3v) is 4.42. The van der Waals surface area contributed by atoms with E-state index in [0.717, 1.165) is 31.9 Å². The maximum Gasteiger partial charge on any atom is 0.122 e. The minimum absolute atomic E-state index is 0.633. The van der Waals surface area contributed by atoms with Crippen molar-refractivity contribution < 1.29 is 0 Å². The molecule has 3 nitrogen and oxygen atoms in total. The summed E-state index contributed by atoms with van der Waals surface area (Å²) in [6.07, 6.45) is 9.05. The normalized spacial score (nSPS) is 17.7. The average Bonchev–Trinajstić information content (AvgIpc) is 2.95. The molecule has 0 saturated carbocycles. The Morgan fingerprint density at radius 1 is 1.33 bits per heavy atom. The van der Waals surface area contributed by atoms with Crippen LogP contribution >= 0.6 is 0 Å². The van der Waals surface area contributed by atoms with Gasteiger partial charge in [-0.2, -0.15) is 0 Å². The summed E-state index contributed by atoms with van der Waals surface area (Å²) in [6.45, 7) is 5.17. The second-order valence-corrected chi connectivity index (χ2v) is 5.96. The molecule has 0 spiro atoms. The Morgan fingerprint density at radius 2 is 2.24 bits per heavy atom. The quantitative estimate of drug-likeness (QED) is 0.822. The molecular weight excluding hydrogens is 258 g/mol. The van der Waals surface area contributed by atoms with Gasteiger partial charge in [0.25, 0.3) is 0 Å². The van der Waals surface area contributed by atoms with Crippen molar-refractivity contribution >= 4 is 0 Å². The highest BCUT2D eigenvalue weighted by Gasteiger charge is 2.20. The zero-order chi connectivity index (χ0) is 14.5. The van der Waals surface area contributed by atoms with Gasteiger partial charge < -0.3 is 9.88 Å². The second kappa shape index (κ2) is 6.90. The van der Waals surface area contributed by atoms with E-state index in [2.05, 4.69) is 52.3 Å². The standard InChI is InChI=1S/C18H25N3/c1-2-10-19-13-18-20-11-12-21(18)14-16-8-5-7-15-6-3-4-9-17(15)16/h3-4,6,9,11-12,16,19H,2,5,7-8,10,13-14H2,1H3. The van der Waals surface area contributed by atoms with Crippen molar-refractivity contribution in [1.29, 1.82) is 0 Å². The van der Waals surface area contributed by atoms with Crippen LogP contribution in [0.3, 0.4) is 0 Å². The first kappa shape index (κ1) is 14.3. The molecule has 0 aliphatic heterocycles. The highest BCUT2D eigenvalue weighted by Crippen LogP contribution is 2.32. The molecule has 0 amide bonds. The summed E-state index contributed by atoms with van der Waals surface area (Å²) < 4.78 is 2.33. The fourth-order valence-corrected chi connectivity index (χ4v) is 3.33. The third kappa shape index (κ3) is 3.35. The fourth-order valence-electron chi connectivity index (χ4n) is 3.33. The van der Waals surface area contributed by atoms with E-state index in [4.69, 9.17) is 0 Å². The van der Waals surface area contributed by atoms with E-state index in [1.807, 2.05) is 6.20 Å². The highest BCUT2D eigenvalue weighted by molar-refractivity contribution is 5.32. The van der Waals surface area contributed by atoms with Gasteiger partial charge in [0.15, 0.2) is 0 Å². The lowest BCUT2D eigenvalue weighted by atomic mass is 9.83. The zero-order valence-electron chi connectivity index (χ0n) is 12.9. The minimum atomic E-state index is 0.633. The molecule has 3 heteroatoms. The van der Waals surface area contributed by atoms with E-state index >= 15 is 0 Å². The van der Waals surface area contributed by atoms with Crippen molar-refractivity contribution in [3.05, 3.63) is 53.6 Å². The van der Waals surface area contributed by atoms with E-state index in [9.17, 15) is 0 Å². The molecule has 1 unspecified atom stereocenters. The van der Waals surface area contributed by atoms with Gasteiger partial charge in [-0.25, -0.2) is 4.98 Å². The lowest BCUT2D eigenvalue weighted by Crippen LogP contribution is -2.20. The van der Waals surface area contributed by atoms with Gasteiger partial charge in [-0.15, -0.1) is 0 Å². The van der Waals surface area contributed by atoms with E-state index in [-0.39, 0.29) is 0 Å². The fraction of sp³-hybridized carbons (Fsp3) is 0.500. The van der Waals surface area contributed by atoms with Crippen molar-refractivity contribution in [1.82, 2.24) is 14.9 Å². The molecule has 1 aliphatic rings. The van der Waals surface area contributed by atoms with Crippen molar-refractivity contribution in [2.75, 3.05) is 6.54 Å². The number of aryl methyl sites for hydroxylation is 1. The number of rotatable bonds is 6. The van der Waals surface area contributed by atoms with Gasteiger partial charge in [0, 0.05) is 24.9 Å². The minimum Gasteiger partial charge on any atom is -0.333 e. The van der Waals surface area contributed by atoms with Crippen LogP contribution in [-0.2, 0) is 19.5 Å². The van der Waals surface area contributed by atoms with Crippen molar-refractivity contribution in [3.63, 3.8) is 0 Å². The molecule has 0 radical (unpaired) electrons. The Bertz CT molecular complexity index is 573. The van der Waals surface area contributed by atoms with E-state index in [1.54, 1.807) is 11.1 Å². The average molecular weight is 283 g/mol. The van der Waals surface area contributed by atoms with Gasteiger partial charge in [0.1, 0.15) is 5.82 Å². The topological polar surface area (TPSA) is 29.9 Å². The highest BCUT2D eigenvalue weighted by atomic mass is 15.1. The lowest BCUT2D eigenvalue weighted by molar-refractivity contribution is 0.468. The molecule has 1 aromatic heterocycles. The van der Waals surface area contributed by atoms with Crippen molar-refractivity contribution in [3.8, 4) is 0 Å². The van der Waals surface area contributed by atoms with Crippen molar-refractivity contribution in [2.24, 2.45) is 0 Å². The third-order valence-electron chi connectivity index (χ3n) is 4.42. The first-order valence-electron chi connectivity index (χ1n) is 8.17. The molecule has 1 heterocycles. The summed E-state index contributed by atoms with van der Waals surface area (Å²) in [5.74, 6) is 1.79. The van der Waals surface area contributed by atoms with Crippen LogP contribution in [0, 0.1) is 0 Å². The predicted molar refractivity (Wildman–Crippen MR) is 86.3 cm³/mol. The Kier molecular flexibility index (Phi) is 4.71. The van der Waals surface area contributed by atoms with Crippen LogP contribution in [0.1, 0.15) is 49.1 Å². The molecule has 0 bridgehead atoms. The van der Waals surface area contributed by atoms with Gasteiger partial charge in [0.2, 0.25) is 0 Å². The summed E-state index contributed by atoms with van der Waals surface area (Å²) in [7, 11) is 0. The van der Waals surface area contributed by atoms with E-state index in [0.29, 0.717) is 5.92 Å². The Morgan fingerprint density at radius 3 is 3.14 bits per heavy atom. The Hall–Kier alpha value is -1.61. The van der Waals surface area contributed by atoms with E-state index < -0.39 is 0 Å². The molecule has 3 rings (SSSR count). The lowest BCUT2D eigenvalue weighted by Gasteiger charge is -2.26. The first-order valence-corrected chi connectivity index (χ1v) is 8.17. The van der Waals surface area contributed by atoms with Gasteiger partial charge in [-0.3, -0.25) is 0 Å². The van der Waals surface area contributed by atoms with Gasteiger partial charge in [-0.05, 0) is 43.4 Å². The van der Waals surface area contributed by atoms with Crippen LogP contribution in [-0.4, -0.2) is 16.1 Å². The van der Waals surface area contributed by atoms with Crippen LogP contribution < -0.4 is 5.32 Å². The number of hydrogen-bond acceptors (Lipinski definition) is 2. The Labute approximate surface area is 127 Å². The number of nitrogens with zero attached hydrogens (tertiary/aromatic N) is 2. The molecule has 1 atom stereocenters. The second-order valence-electron chi connectivity index (χ2n) is 5.96. The smallest absolute Gasteiger partial charge is 0.122 e. The summed E-state index contributed by atoms with van der Waals surface area (Å²) >= 11 is 0. The van der Waals surface area contributed by atoms with Gasteiger partial charge in [-0.1, -0.05) is 31.2 Å². The zero-order valence-corrected chi connectivity index (χ0v) is 12.9. The maximum absolute atomic E-state index is 4.51. The van der Waals surface area contributed by atoms with Crippen LogP contribution in [0.4, 0.5) is 0 Å². The number of benzene rings is 1. The van der Waals surface area contributed by atoms with Crippen molar-refractivity contribution in [2.45, 2.75) is 51.6 Å². The molecule has 21 heavy (non-hydrogen) atoms. The number of aromatic nitrogens is 2. The number of imidazole rings is 1. The monoisotopic (exact) mass is 283 g/mol. The molecule has 1 N–H and O–H groups in total. The summed E-state index contributed by atoms with van der Waals surface area (Å²) in [5, 5.41) is 3.45. The van der Waals surface area contributed by atoms with Gasteiger partial charge in [0.05, 0.1) is 6.54 Å². The summed E-state index contributed by atoms with van der Waals surface area (Å²) in [5.41, 5.74) is 3.09. The Balaban J connectivity index is 1.72. The summed E-state index contributed by atoms with van der Waals surface area (Å²) in [6, 6.07) is 8.94. The molecule has 0 saturated heterocycles. The number of hydrogen-bond donors (Lipinski definition) is 1. The predicted octanol–water partition coefficient (Wildman–Crippen LogP) is 3.50. The van der Waals surface area contributed by atoms with E-state index in [1.165, 1.54) is 19.3 Å². The number of fused-ring (bicyclic) bond motifs is 1. The molecule has 0 fully saturated rings. The number of nitrogens with one attached hydrogen (secondary N) is 1. The van der Waals surface area contributed by atoms with Gasteiger partial charge >= 0.3 is 0 Å². The SMILES string of the molecule is CCCNCc1nccn1CC1CCCc2ccccc21. The molecular formula is C18H25N3.